The lowest BCUT2D eigenvalue weighted by Gasteiger charge is -2.20. The molecule has 0 fully saturated rings. The fourth-order valence-corrected chi connectivity index (χ4v) is 2.15. The van der Waals surface area contributed by atoms with Crippen LogP contribution in [0.2, 0.25) is 0 Å². The van der Waals surface area contributed by atoms with Crippen LogP contribution in [0.4, 0.5) is 30.7 Å². The molecule has 146 valence electrons. The predicted molar refractivity (Wildman–Crippen MR) is 79.9 cm³/mol. The van der Waals surface area contributed by atoms with Crippen LogP contribution in [0.5, 0.6) is 5.75 Å². The highest BCUT2D eigenvalue weighted by Crippen LogP contribution is 2.38. The van der Waals surface area contributed by atoms with Crippen molar-refractivity contribution in [1.29, 1.82) is 0 Å². The zero-order valence-electron chi connectivity index (χ0n) is 13.3. The minimum atomic E-state index is -5.75. The Morgan fingerprint density at radius 3 is 2.22 bits per heavy atom. The predicted octanol–water partition coefficient (Wildman–Crippen LogP) is 5.30. The van der Waals surface area contributed by atoms with Crippen molar-refractivity contribution in [3.8, 4) is 16.9 Å². The summed E-state index contributed by atoms with van der Waals surface area (Å²) < 4.78 is 93.6. The number of aromatic carboxylic acids is 1. The van der Waals surface area contributed by atoms with Gasteiger partial charge in [0.1, 0.15) is 22.9 Å². The Morgan fingerprint density at radius 1 is 1.00 bits per heavy atom. The van der Waals surface area contributed by atoms with Crippen LogP contribution in [0.15, 0.2) is 36.4 Å². The number of alkyl halides is 5. The highest BCUT2D eigenvalue weighted by atomic mass is 19.4. The molecule has 2 aromatic rings. The maximum Gasteiger partial charge on any atom is 0.453 e. The van der Waals surface area contributed by atoms with Gasteiger partial charge in [-0.2, -0.15) is 22.0 Å². The summed E-state index contributed by atoms with van der Waals surface area (Å²) >= 11 is 0. The van der Waals surface area contributed by atoms with Crippen molar-refractivity contribution in [2.45, 2.75) is 18.5 Å². The summed E-state index contributed by atoms with van der Waals surface area (Å²) in [4.78, 5) is 11.3. The molecular weight excluding hydrogens is 385 g/mol. The van der Waals surface area contributed by atoms with Crippen molar-refractivity contribution in [2.75, 3.05) is 6.61 Å². The topological polar surface area (TPSA) is 46.5 Å². The van der Waals surface area contributed by atoms with Crippen molar-refractivity contribution in [1.82, 2.24) is 0 Å². The molecule has 10 heteroatoms. The summed E-state index contributed by atoms with van der Waals surface area (Å²) in [6.45, 7) is -1.10. The lowest BCUT2D eigenvalue weighted by Crippen LogP contribution is -2.37. The number of benzene rings is 2. The first-order valence-corrected chi connectivity index (χ1v) is 7.32. The van der Waals surface area contributed by atoms with Crippen LogP contribution in [-0.4, -0.2) is 29.8 Å². The van der Waals surface area contributed by atoms with E-state index in [2.05, 4.69) is 0 Å². The molecule has 0 radical (unpaired) electrons. The monoisotopic (exact) mass is 396 g/mol. The number of carboxylic acid groups (broad SMARTS) is 1. The second-order valence-corrected chi connectivity index (χ2v) is 5.44. The molecule has 27 heavy (non-hydrogen) atoms. The van der Waals surface area contributed by atoms with Crippen LogP contribution in [0.3, 0.4) is 0 Å². The van der Waals surface area contributed by atoms with Gasteiger partial charge in [0, 0.05) is 11.6 Å². The minimum Gasteiger partial charge on any atom is -0.492 e. The summed E-state index contributed by atoms with van der Waals surface area (Å²) in [7, 11) is 0. The molecule has 0 aliphatic heterocycles. The van der Waals surface area contributed by atoms with Gasteiger partial charge in [-0.05, 0) is 29.8 Å². The number of ether oxygens (including phenoxy) is 1. The smallest absolute Gasteiger partial charge is 0.453 e. The maximum atomic E-state index is 13.8. The molecule has 0 aliphatic carbocycles. The molecule has 0 aromatic heterocycles. The molecular formula is C17H11F7O3. The quantitative estimate of drug-likeness (QED) is 0.675. The first-order chi connectivity index (χ1) is 12.4. The number of hydrogen-bond acceptors (Lipinski definition) is 2. The molecule has 0 saturated carbocycles. The van der Waals surface area contributed by atoms with Gasteiger partial charge >= 0.3 is 18.1 Å². The van der Waals surface area contributed by atoms with Crippen molar-refractivity contribution < 1.29 is 45.4 Å². The molecule has 2 aromatic carbocycles. The molecule has 0 heterocycles. The molecule has 3 nitrogen and oxygen atoms in total. The first-order valence-electron chi connectivity index (χ1n) is 7.32. The van der Waals surface area contributed by atoms with Crippen LogP contribution in [-0.2, 0) is 0 Å². The number of rotatable bonds is 6. The maximum absolute atomic E-state index is 13.8. The van der Waals surface area contributed by atoms with E-state index in [1.807, 2.05) is 0 Å². The number of halogens is 7. The summed E-state index contributed by atoms with van der Waals surface area (Å²) in [5.74, 6) is -8.85. The van der Waals surface area contributed by atoms with Crippen molar-refractivity contribution >= 4 is 5.97 Å². The average Bonchev–Trinajstić information content (AvgIpc) is 2.54. The molecule has 0 spiro atoms. The molecule has 0 unspecified atom stereocenters. The molecule has 0 amide bonds. The SMILES string of the molecule is O=C(O)c1cc(-c2ccc(F)cc2F)ccc1OCCC(F)(F)C(F)(F)F. The number of hydrogen-bond donors (Lipinski definition) is 1. The van der Waals surface area contributed by atoms with Gasteiger partial charge in [-0.3, -0.25) is 0 Å². The Morgan fingerprint density at radius 2 is 1.67 bits per heavy atom. The van der Waals surface area contributed by atoms with E-state index in [0.29, 0.717) is 6.07 Å². The fourth-order valence-electron chi connectivity index (χ4n) is 2.15. The van der Waals surface area contributed by atoms with Gasteiger partial charge in [0.15, 0.2) is 0 Å². The Hall–Kier alpha value is -2.78. The van der Waals surface area contributed by atoms with Gasteiger partial charge in [-0.15, -0.1) is 0 Å². The Bertz CT molecular complexity index is 847. The third kappa shape index (κ3) is 4.69. The van der Waals surface area contributed by atoms with E-state index in [1.165, 1.54) is 6.07 Å². The van der Waals surface area contributed by atoms with Gasteiger partial charge < -0.3 is 9.84 Å². The largest absolute Gasteiger partial charge is 0.492 e. The van der Waals surface area contributed by atoms with Gasteiger partial charge in [0.25, 0.3) is 0 Å². The molecule has 0 bridgehead atoms. The molecule has 0 atom stereocenters. The molecule has 0 aliphatic rings. The van der Waals surface area contributed by atoms with Crippen molar-refractivity contribution in [3.63, 3.8) is 0 Å². The van der Waals surface area contributed by atoms with Crippen LogP contribution in [0, 0.1) is 11.6 Å². The third-order valence-electron chi connectivity index (χ3n) is 3.54. The summed E-state index contributed by atoms with van der Waals surface area (Å²) in [6, 6.07) is 5.70. The van der Waals surface area contributed by atoms with Crippen LogP contribution >= 0.6 is 0 Å². The van der Waals surface area contributed by atoms with Crippen molar-refractivity contribution in [3.05, 3.63) is 53.6 Å². The third-order valence-corrected chi connectivity index (χ3v) is 3.54. The van der Waals surface area contributed by atoms with Crippen LogP contribution in [0.1, 0.15) is 16.8 Å². The van der Waals surface area contributed by atoms with Gasteiger partial charge in [-0.25, -0.2) is 13.6 Å². The summed E-state index contributed by atoms with van der Waals surface area (Å²) in [5.41, 5.74) is -0.682. The zero-order chi connectivity index (χ0) is 20.4. The lowest BCUT2D eigenvalue weighted by atomic mass is 10.0. The van der Waals surface area contributed by atoms with Gasteiger partial charge in [0.05, 0.1) is 13.0 Å². The highest BCUT2D eigenvalue weighted by Gasteiger charge is 2.56. The van der Waals surface area contributed by atoms with Gasteiger partial charge in [0.2, 0.25) is 0 Å². The second-order valence-electron chi connectivity index (χ2n) is 5.44. The van der Waals surface area contributed by atoms with E-state index in [4.69, 9.17) is 4.74 Å². The molecule has 0 saturated heterocycles. The Balaban J connectivity index is 2.25. The second kappa shape index (κ2) is 7.45. The van der Waals surface area contributed by atoms with E-state index in [1.54, 1.807) is 0 Å². The highest BCUT2D eigenvalue weighted by molar-refractivity contribution is 5.92. The van der Waals surface area contributed by atoms with E-state index in [9.17, 15) is 40.6 Å². The van der Waals surface area contributed by atoms with Crippen LogP contribution in [0.25, 0.3) is 11.1 Å². The van der Waals surface area contributed by atoms with Gasteiger partial charge in [-0.1, -0.05) is 6.07 Å². The normalized spacial score (nSPS) is 12.1. The molecule has 2 rings (SSSR count). The van der Waals surface area contributed by atoms with E-state index < -0.39 is 54.0 Å². The summed E-state index contributed by atoms with van der Waals surface area (Å²) in [6.07, 6.45) is -7.46. The zero-order valence-corrected chi connectivity index (χ0v) is 13.3. The first kappa shape index (κ1) is 20.5. The fraction of sp³-hybridized carbons (Fsp3) is 0.235. The summed E-state index contributed by atoms with van der Waals surface area (Å²) in [5, 5.41) is 9.18. The average molecular weight is 396 g/mol. The van der Waals surface area contributed by atoms with E-state index in [-0.39, 0.29) is 11.1 Å². The lowest BCUT2D eigenvalue weighted by molar-refractivity contribution is -0.285. The molecule has 1 N–H and O–H groups in total. The van der Waals surface area contributed by atoms with E-state index >= 15 is 0 Å². The van der Waals surface area contributed by atoms with Crippen LogP contribution < -0.4 is 4.74 Å². The van der Waals surface area contributed by atoms with E-state index in [0.717, 1.165) is 24.3 Å². The Labute approximate surface area is 148 Å². The number of carbonyl (C=O) groups is 1. The number of carboxylic acids is 1. The standard InChI is InChI=1S/C17H11F7O3/c18-10-2-3-11(13(19)8-10)9-1-4-14(12(7-9)15(25)26)27-6-5-16(20,21)17(22,23)24/h1-4,7-8H,5-6H2,(H,25,26). The Kier molecular flexibility index (Phi) is 5.67. The van der Waals surface area contributed by atoms with Crippen molar-refractivity contribution in [2.24, 2.45) is 0 Å². The minimum absolute atomic E-state index is 0.0258.